The number of aliphatic hydroxyl groups excluding tert-OH is 1. The predicted molar refractivity (Wildman–Crippen MR) is 72.8 cm³/mol. The molecule has 0 radical (unpaired) electrons. The molecule has 0 aromatic rings. The third-order valence-corrected chi connectivity index (χ3v) is 3.01. The zero-order chi connectivity index (χ0) is 12.1. The van der Waals surface area contributed by atoms with Crippen LogP contribution in [0, 0.1) is 5.92 Å². The van der Waals surface area contributed by atoms with Gasteiger partial charge < -0.3 is 5.11 Å². The summed E-state index contributed by atoms with van der Waals surface area (Å²) < 4.78 is 0. The molecule has 0 rings (SSSR count). The van der Waals surface area contributed by atoms with Crippen LogP contribution < -0.4 is 0 Å². The summed E-state index contributed by atoms with van der Waals surface area (Å²) in [6.07, 6.45) is 16.4. The van der Waals surface area contributed by atoms with E-state index in [-0.39, 0.29) is 0 Å². The van der Waals surface area contributed by atoms with Crippen molar-refractivity contribution in [3.05, 3.63) is 12.3 Å². The third-order valence-electron chi connectivity index (χ3n) is 3.01. The molecule has 0 heterocycles. The summed E-state index contributed by atoms with van der Waals surface area (Å²) in [6.45, 7) is 4.61. The Morgan fingerprint density at radius 3 is 1.81 bits per heavy atom. The summed E-state index contributed by atoms with van der Waals surface area (Å²) in [5.74, 6) is 0.875. The van der Waals surface area contributed by atoms with Gasteiger partial charge >= 0.3 is 0 Å². The van der Waals surface area contributed by atoms with Crippen molar-refractivity contribution < 1.29 is 5.11 Å². The van der Waals surface area contributed by atoms with Crippen molar-refractivity contribution in [3.8, 4) is 0 Å². The second-order valence-electron chi connectivity index (χ2n) is 5.18. The van der Waals surface area contributed by atoms with E-state index in [0.717, 1.165) is 18.6 Å². The van der Waals surface area contributed by atoms with E-state index in [1.807, 2.05) is 6.08 Å². The third kappa shape index (κ3) is 13.5. The Balaban J connectivity index is 2.93. The number of aliphatic hydroxyl groups is 1. The summed E-state index contributed by atoms with van der Waals surface area (Å²) >= 11 is 0. The zero-order valence-corrected chi connectivity index (χ0v) is 11.3. The smallest absolute Gasteiger partial charge is 0.0751 e. The minimum atomic E-state index is 0.875. The quantitative estimate of drug-likeness (QED) is 0.358. The molecule has 0 atom stereocenters. The van der Waals surface area contributed by atoms with Crippen molar-refractivity contribution in [1.82, 2.24) is 0 Å². The summed E-state index contributed by atoms with van der Waals surface area (Å²) in [5.41, 5.74) is 0. The molecule has 0 unspecified atom stereocenters. The Bertz CT molecular complexity index is 150. The van der Waals surface area contributed by atoms with Gasteiger partial charge in [0.2, 0.25) is 0 Å². The minimum Gasteiger partial charge on any atom is -0.516 e. The van der Waals surface area contributed by atoms with Crippen LogP contribution in [0.5, 0.6) is 0 Å². The molecule has 0 aromatic carbocycles. The van der Waals surface area contributed by atoms with Gasteiger partial charge in [-0.1, -0.05) is 71.3 Å². The molecule has 0 fully saturated rings. The molecule has 0 aliphatic carbocycles. The second kappa shape index (κ2) is 12.6. The maximum Gasteiger partial charge on any atom is 0.0751 e. The van der Waals surface area contributed by atoms with Crippen LogP contribution in [0.15, 0.2) is 12.3 Å². The number of hydrogen-bond donors (Lipinski definition) is 1. The molecule has 0 aliphatic heterocycles. The molecule has 1 nitrogen and oxygen atoms in total. The fourth-order valence-corrected chi connectivity index (χ4v) is 1.95. The highest BCUT2D eigenvalue weighted by Crippen LogP contribution is 2.12. The number of hydrogen-bond acceptors (Lipinski definition) is 1. The molecule has 0 aliphatic rings. The van der Waals surface area contributed by atoms with Gasteiger partial charge in [0.05, 0.1) is 6.26 Å². The van der Waals surface area contributed by atoms with E-state index in [4.69, 9.17) is 5.11 Å². The summed E-state index contributed by atoms with van der Waals surface area (Å²) in [6, 6.07) is 0. The first-order chi connectivity index (χ1) is 7.77. The Labute approximate surface area is 102 Å². The first kappa shape index (κ1) is 15.5. The highest BCUT2D eigenvalue weighted by Gasteiger charge is 1.94. The maximum atomic E-state index is 8.45. The first-order valence-electron chi connectivity index (χ1n) is 7.06. The van der Waals surface area contributed by atoms with Crippen molar-refractivity contribution in [2.45, 2.75) is 78.1 Å². The average molecular weight is 226 g/mol. The molecule has 16 heavy (non-hydrogen) atoms. The van der Waals surface area contributed by atoms with Crippen LogP contribution in [0.1, 0.15) is 78.1 Å². The Hall–Kier alpha value is -0.460. The standard InChI is InChI=1S/C15H30O/c1-15(2)13-11-9-7-5-3-4-6-8-10-12-14-16/h12,14-16H,3-11,13H2,1-2H3. The topological polar surface area (TPSA) is 20.2 Å². The molecule has 0 saturated carbocycles. The molecular formula is C15H30O. The Kier molecular flexibility index (Phi) is 12.2. The van der Waals surface area contributed by atoms with Gasteiger partial charge in [0, 0.05) is 0 Å². The molecule has 0 saturated heterocycles. The summed E-state index contributed by atoms with van der Waals surface area (Å²) in [4.78, 5) is 0. The largest absolute Gasteiger partial charge is 0.516 e. The van der Waals surface area contributed by atoms with Crippen molar-refractivity contribution in [1.29, 1.82) is 0 Å². The van der Waals surface area contributed by atoms with Crippen molar-refractivity contribution in [2.24, 2.45) is 5.92 Å². The lowest BCUT2D eigenvalue weighted by Crippen LogP contribution is -1.87. The molecule has 0 amide bonds. The molecule has 1 N–H and O–H groups in total. The fraction of sp³-hybridized carbons (Fsp3) is 0.867. The van der Waals surface area contributed by atoms with Gasteiger partial charge in [0.15, 0.2) is 0 Å². The van der Waals surface area contributed by atoms with Crippen LogP contribution >= 0.6 is 0 Å². The van der Waals surface area contributed by atoms with Crippen molar-refractivity contribution in [2.75, 3.05) is 0 Å². The lowest BCUT2D eigenvalue weighted by molar-refractivity contribution is 0.469. The van der Waals surface area contributed by atoms with Crippen LogP contribution in [0.2, 0.25) is 0 Å². The lowest BCUT2D eigenvalue weighted by atomic mass is 10.0. The number of allylic oxidation sites excluding steroid dienone is 1. The lowest BCUT2D eigenvalue weighted by Gasteiger charge is -2.04. The zero-order valence-electron chi connectivity index (χ0n) is 11.3. The normalized spacial score (nSPS) is 11.7. The van der Waals surface area contributed by atoms with Gasteiger partial charge in [-0.2, -0.15) is 0 Å². The summed E-state index contributed by atoms with van der Waals surface area (Å²) in [7, 11) is 0. The maximum absolute atomic E-state index is 8.45. The molecule has 0 spiro atoms. The van der Waals surface area contributed by atoms with E-state index >= 15 is 0 Å². The Morgan fingerprint density at radius 2 is 1.31 bits per heavy atom. The minimum absolute atomic E-state index is 0.875. The van der Waals surface area contributed by atoms with Gasteiger partial charge in [-0.25, -0.2) is 0 Å². The van der Waals surface area contributed by atoms with Crippen LogP contribution in [-0.4, -0.2) is 5.11 Å². The highest BCUT2D eigenvalue weighted by atomic mass is 16.2. The first-order valence-corrected chi connectivity index (χ1v) is 7.06. The van der Waals surface area contributed by atoms with Crippen LogP contribution in [0.25, 0.3) is 0 Å². The van der Waals surface area contributed by atoms with E-state index in [1.165, 1.54) is 57.8 Å². The van der Waals surface area contributed by atoms with Crippen molar-refractivity contribution >= 4 is 0 Å². The van der Waals surface area contributed by atoms with E-state index in [2.05, 4.69) is 13.8 Å². The van der Waals surface area contributed by atoms with E-state index in [0.29, 0.717) is 0 Å². The van der Waals surface area contributed by atoms with Gasteiger partial charge in [-0.3, -0.25) is 0 Å². The molecular weight excluding hydrogens is 196 g/mol. The Morgan fingerprint density at radius 1 is 0.812 bits per heavy atom. The molecule has 96 valence electrons. The van der Waals surface area contributed by atoms with Gasteiger partial charge in [-0.05, 0) is 18.8 Å². The van der Waals surface area contributed by atoms with Crippen molar-refractivity contribution in [3.63, 3.8) is 0 Å². The molecule has 0 bridgehead atoms. The average Bonchev–Trinajstić information content (AvgIpc) is 2.25. The van der Waals surface area contributed by atoms with Gasteiger partial charge in [0.1, 0.15) is 0 Å². The molecule has 0 aromatic heterocycles. The van der Waals surface area contributed by atoms with Crippen LogP contribution in [-0.2, 0) is 0 Å². The number of rotatable bonds is 11. The van der Waals surface area contributed by atoms with E-state index in [9.17, 15) is 0 Å². The highest BCUT2D eigenvalue weighted by molar-refractivity contribution is 4.70. The van der Waals surface area contributed by atoms with E-state index in [1.54, 1.807) is 0 Å². The SMILES string of the molecule is CC(C)CCCCCCCCCCC=CO. The number of unbranched alkanes of at least 4 members (excludes halogenated alkanes) is 8. The monoisotopic (exact) mass is 226 g/mol. The van der Waals surface area contributed by atoms with Crippen LogP contribution in [0.3, 0.4) is 0 Å². The fourth-order valence-electron chi connectivity index (χ4n) is 1.95. The van der Waals surface area contributed by atoms with Gasteiger partial charge in [0.25, 0.3) is 0 Å². The second-order valence-corrected chi connectivity index (χ2v) is 5.18. The molecule has 1 heteroatoms. The van der Waals surface area contributed by atoms with E-state index < -0.39 is 0 Å². The van der Waals surface area contributed by atoms with Crippen LogP contribution in [0.4, 0.5) is 0 Å². The predicted octanol–water partition coefficient (Wildman–Crippen LogP) is 5.62. The summed E-state index contributed by atoms with van der Waals surface area (Å²) in [5, 5.41) is 8.45. The van der Waals surface area contributed by atoms with Gasteiger partial charge in [-0.15, -0.1) is 0 Å².